The molecule has 0 bridgehead atoms. The smallest absolute Gasteiger partial charge is 0.348 e. The van der Waals surface area contributed by atoms with Crippen molar-refractivity contribution in [2.24, 2.45) is 11.7 Å². The zero-order valence-corrected chi connectivity index (χ0v) is 17.7. The maximum absolute atomic E-state index is 12.7. The molecule has 1 aliphatic rings. The third-order valence-corrected chi connectivity index (χ3v) is 5.89. The molecule has 1 fully saturated rings. The van der Waals surface area contributed by atoms with Crippen molar-refractivity contribution in [2.75, 3.05) is 31.6 Å². The van der Waals surface area contributed by atoms with Gasteiger partial charge in [0.25, 0.3) is 0 Å². The number of hydrogen-bond donors (Lipinski definition) is 2. The molecule has 3 N–H and O–H groups in total. The van der Waals surface area contributed by atoms with Crippen LogP contribution in [0.4, 0.5) is 9.80 Å². The topological polar surface area (TPSA) is 128 Å². The molecule has 1 aliphatic heterocycles. The first-order chi connectivity index (χ1) is 13.8. The molecule has 160 valence electrons. The Kier molecular flexibility index (Phi) is 8.00. The lowest BCUT2D eigenvalue weighted by atomic mass is 9.93. The van der Waals surface area contributed by atoms with Gasteiger partial charge in [0.05, 0.1) is 18.8 Å². The number of hydrogen-bond acceptors (Lipinski definition) is 7. The maximum atomic E-state index is 12.7. The molecule has 2 rings (SSSR count). The van der Waals surface area contributed by atoms with Crippen LogP contribution in [0.5, 0.6) is 0 Å². The summed E-state index contributed by atoms with van der Waals surface area (Å²) in [5.74, 6) is -1.32. The summed E-state index contributed by atoms with van der Waals surface area (Å²) in [6, 6.07) is -0.371. The lowest BCUT2D eigenvalue weighted by Gasteiger charge is -2.31. The third-order valence-electron chi connectivity index (χ3n) is 4.70. The van der Waals surface area contributed by atoms with Crippen molar-refractivity contribution < 1.29 is 28.7 Å². The number of amides is 3. The van der Waals surface area contributed by atoms with Crippen LogP contribution in [0.25, 0.3) is 0 Å². The van der Waals surface area contributed by atoms with Crippen LogP contribution in [0.3, 0.4) is 0 Å². The van der Waals surface area contributed by atoms with Gasteiger partial charge in [-0.05, 0) is 45.1 Å². The molecule has 0 aromatic carbocycles. The summed E-state index contributed by atoms with van der Waals surface area (Å²) in [5, 5.41) is 3.00. The molecule has 1 aromatic rings. The van der Waals surface area contributed by atoms with E-state index in [4.69, 9.17) is 15.2 Å². The fourth-order valence-corrected chi connectivity index (χ4v) is 4.32. The van der Waals surface area contributed by atoms with Crippen molar-refractivity contribution in [3.05, 3.63) is 16.0 Å². The Labute approximate surface area is 173 Å². The normalized spacial score (nSPS) is 14.4. The lowest BCUT2D eigenvalue weighted by molar-refractivity contribution is -0.119. The molecule has 0 atom stereocenters. The second kappa shape index (κ2) is 10.2. The number of nitrogens with two attached hydrogens (primary N) is 1. The molecule has 29 heavy (non-hydrogen) atoms. The second-order valence-corrected chi connectivity index (χ2v) is 7.75. The molecule has 1 aromatic heterocycles. The highest BCUT2D eigenvalue weighted by molar-refractivity contribution is 7.18. The Bertz CT molecular complexity index is 783. The first-order valence-corrected chi connectivity index (χ1v) is 10.4. The number of carbonyl (C=O) groups is 4. The van der Waals surface area contributed by atoms with Crippen molar-refractivity contribution in [2.45, 2.75) is 40.0 Å². The zero-order valence-electron chi connectivity index (χ0n) is 16.9. The quantitative estimate of drug-likeness (QED) is 0.646. The van der Waals surface area contributed by atoms with Crippen LogP contribution in [0.2, 0.25) is 0 Å². The van der Waals surface area contributed by atoms with Crippen LogP contribution in [0, 0.1) is 12.8 Å². The van der Waals surface area contributed by atoms with E-state index < -0.39 is 11.9 Å². The number of likely N-dealkylation sites (tertiary alicyclic amines) is 1. The van der Waals surface area contributed by atoms with Gasteiger partial charge in [0, 0.05) is 19.5 Å². The van der Waals surface area contributed by atoms with Gasteiger partial charge in [-0.25, -0.2) is 14.4 Å². The molecule has 3 amide bonds. The summed E-state index contributed by atoms with van der Waals surface area (Å²) < 4.78 is 10.1. The number of nitrogens with one attached hydrogen (secondary N) is 1. The minimum absolute atomic E-state index is 0.164. The van der Waals surface area contributed by atoms with Gasteiger partial charge in [-0.1, -0.05) is 0 Å². The summed E-state index contributed by atoms with van der Waals surface area (Å²) >= 11 is 0.994. The van der Waals surface area contributed by atoms with E-state index in [9.17, 15) is 19.2 Å². The van der Waals surface area contributed by atoms with Gasteiger partial charge in [0.1, 0.15) is 9.88 Å². The van der Waals surface area contributed by atoms with Gasteiger partial charge in [0.15, 0.2) is 0 Å². The van der Waals surface area contributed by atoms with Gasteiger partial charge in [-0.2, -0.15) is 0 Å². The van der Waals surface area contributed by atoms with E-state index in [-0.39, 0.29) is 46.5 Å². The number of ether oxygens (including phenoxy) is 2. The summed E-state index contributed by atoms with van der Waals surface area (Å²) in [6.07, 6.45) is 1.67. The van der Waals surface area contributed by atoms with E-state index in [2.05, 4.69) is 5.32 Å². The van der Waals surface area contributed by atoms with E-state index in [0.717, 1.165) is 11.3 Å². The highest BCUT2D eigenvalue weighted by atomic mass is 32.1. The molecule has 0 radical (unpaired) electrons. The monoisotopic (exact) mass is 425 g/mol. The number of piperidine rings is 1. The molecule has 2 heterocycles. The number of thiophene rings is 1. The van der Waals surface area contributed by atoms with E-state index in [0.29, 0.717) is 37.9 Å². The first-order valence-electron chi connectivity index (χ1n) is 9.60. The average molecular weight is 426 g/mol. The number of carbonyl (C=O) groups excluding carboxylic acids is 4. The van der Waals surface area contributed by atoms with Crippen molar-refractivity contribution >= 4 is 40.2 Å². The second-order valence-electron chi connectivity index (χ2n) is 6.73. The molecule has 0 saturated carbocycles. The molecule has 9 nitrogen and oxygen atoms in total. The maximum Gasteiger partial charge on any atom is 0.348 e. The minimum atomic E-state index is -0.604. The Hall–Kier alpha value is -2.62. The van der Waals surface area contributed by atoms with Crippen LogP contribution in [0.15, 0.2) is 0 Å². The Balaban J connectivity index is 2.17. The molecule has 1 saturated heterocycles. The lowest BCUT2D eigenvalue weighted by Crippen LogP contribution is -2.41. The SMILES string of the molecule is CCOC(=O)c1sc(NC(=O)N2CCC(CC(N)=O)CC2)c(C(=O)OCC)c1C. The fraction of sp³-hybridized carbons (Fsp3) is 0.579. The van der Waals surface area contributed by atoms with Crippen LogP contribution in [0.1, 0.15) is 58.7 Å². The van der Waals surface area contributed by atoms with Gasteiger partial charge < -0.3 is 20.1 Å². The number of nitrogens with zero attached hydrogens (tertiary/aromatic N) is 1. The van der Waals surface area contributed by atoms with E-state index in [1.807, 2.05) is 0 Å². The Morgan fingerprint density at radius 2 is 1.69 bits per heavy atom. The molecule has 10 heteroatoms. The largest absolute Gasteiger partial charge is 0.462 e. The Morgan fingerprint density at radius 1 is 1.10 bits per heavy atom. The van der Waals surface area contributed by atoms with E-state index >= 15 is 0 Å². The van der Waals surface area contributed by atoms with Crippen molar-refractivity contribution in [1.29, 1.82) is 0 Å². The average Bonchev–Trinajstić information content (AvgIpc) is 2.98. The van der Waals surface area contributed by atoms with Gasteiger partial charge in [-0.3, -0.25) is 10.1 Å². The first kappa shape index (κ1) is 22.7. The number of urea groups is 1. The number of rotatable bonds is 7. The Morgan fingerprint density at radius 3 is 2.24 bits per heavy atom. The van der Waals surface area contributed by atoms with Crippen LogP contribution < -0.4 is 11.1 Å². The minimum Gasteiger partial charge on any atom is -0.462 e. The molecular weight excluding hydrogens is 398 g/mol. The zero-order chi connectivity index (χ0) is 21.6. The predicted octanol–water partition coefficient (Wildman–Crippen LogP) is 2.53. The van der Waals surface area contributed by atoms with Crippen LogP contribution >= 0.6 is 11.3 Å². The highest BCUT2D eigenvalue weighted by Gasteiger charge is 2.29. The molecule has 0 spiro atoms. The molecule has 0 aliphatic carbocycles. The summed E-state index contributed by atoms with van der Waals surface area (Å²) in [6.45, 7) is 6.33. The summed E-state index contributed by atoms with van der Waals surface area (Å²) in [4.78, 5) is 50.2. The van der Waals surface area contributed by atoms with Crippen LogP contribution in [-0.4, -0.2) is 55.1 Å². The standard InChI is InChI=1S/C19H27N3O6S/c1-4-27-17(24)14-11(3)15(18(25)28-5-2)29-16(14)21-19(26)22-8-6-12(7-9-22)10-13(20)23/h12H,4-10H2,1-3H3,(H2,20,23)(H,21,26). The summed E-state index contributed by atoms with van der Waals surface area (Å²) in [5.41, 5.74) is 5.82. The highest BCUT2D eigenvalue weighted by Crippen LogP contribution is 2.35. The van der Waals surface area contributed by atoms with Crippen molar-refractivity contribution in [1.82, 2.24) is 4.90 Å². The predicted molar refractivity (Wildman–Crippen MR) is 108 cm³/mol. The van der Waals surface area contributed by atoms with E-state index in [1.165, 1.54) is 0 Å². The van der Waals surface area contributed by atoms with Gasteiger partial charge in [-0.15, -0.1) is 11.3 Å². The van der Waals surface area contributed by atoms with E-state index in [1.54, 1.807) is 25.7 Å². The van der Waals surface area contributed by atoms with Gasteiger partial charge >= 0.3 is 18.0 Å². The number of primary amides is 1. The van der Waals surface area contributed by atoms with Crippen molar-refractivity contribution in [3.8, 4) is 0 Å². The number of anilines is 1. The third kappa shape index (κ3) is 5.69. The summed E-state index contributed by atoms with van der Waals surface area (Å²) in [7, 11) is 0. The van der Waals surface area contributed by atoms with Gasteiger partial charge in [0.2, 0.25) is 5.91 Å². The van der Waals surface area contributed by atoms with Crippen molar-refractivity contribution in [3.63, 3.8) is 0 Å². The molecular formula is C19H27N3O6S. The fourth-order valence-electron chi connectivity index (χ4n) is 3.24. The van der Waals surface area contributed by atoms with Crippen LogP contribution in [-0.2, 0) is 14.3 Å². The number of esters is 2. The molecule has 0 unspecified atom stereocenters.